The molecule has 0 fully saturated rings. The quantitative estimate of drug-likeness (QED) is 0.588. The maximum absolute atomic E-state index is 4.51. The van der Waals surface area contributed by atoms with Crippen LogP contribution in [0.25, 0.3) is 4.96 Å². The van der Waals surface area contributed by atoms with Crippen LogP contribution in [0.3, 0.4) is 0 Å². The molecule has 0 aliphatic heterocycles. The maximum Gasteiger partial charge on any atom is 0.194 e. The van der Waals surface area contributed by atoms with Crippen LogP contribution < -0.4 is 5.43 Å². The van der Waals surface area contributed by atoms with Crippen LogP contribution in [0.5, 0.6) is 0 Å². The minimum absolute atomic E-state index is 0.721. The second-order valence-electron chi connectivity index (χ2n) is 4.16. The van der Waals surface area contributed by atoms with E-state index >= 15 is 0 Å². The van der Waals surface area contributed by atoms with Gasteiger partial charge in [0.25, 0.3) is 0 Å². The smallest absolute Gasteiger partial charge is 0.194 e. The molecule has 19 heavy (non-hydrogen) atoms. The molecule has 0 saturated carbocycles. The Morgan fingerprint density at radius 3 is 3.05 bits per heavy atom. The summed E-state index contributed by atoms with van der Waals surface area (Å²) in [6.07, 6.45) is 3.51. The first kappa shape index (κ1) is 11.9. The summed E-state index contributed by atoms with van der Waals surface area (Å²) < 4.78 is 2.10. The van der Waals surface area contributed by atoms with Gasteiger partial charge >= 0.3 is 0 Å². The Kier molecular flexibility index (Phi) is 3.00. The van der Waals surface area contributed by atoms with Gasteiger partial charge in [-0.05, 0) is 26.0 Å². The molecular formula is C13H13N5S. The monoisotopic (exact) mass is 271 g/mol. The summed E-state index contributed by atoms with van der Waals surface area (Å²) in [5, 5.41) is 6.31. The third kappa shape index (κ3) is 2.22. The summed E-state index contributed by atoms with van der Waals surface area (Å²) in [6.45, 7) is 4.05. The van der Waals surface area contributed by atoms with Crippen molar-refractivity contribution in [3.05, 3.63) is 46.9 Å². The molecule has 1 N–H and O–H groups in total. The number of hydrazone groups is 1. The molecule has 0 aliphatic carbocycles. The van der Waals surface area contributed by atoms with E-state index in [1.807, 2.05) is 25.1 Å². The Morgan fingerprint density at radius 2 is 2.26 bits per heavy atom. The van der Waals surface area contributed by atoms with Gasteiger partial charge in [0.2, 0.25) is 0 Å². The standard InChI is InChI=1S/C13H13N5S/c1-9-8-19-13-16-10(2)11(18(9)13)7-15-17-12-5-3-4-6-14-12/h3-8H,1-2H3,(H,14,17)/b15-7+. The van der Waals surface area contributed by atoms with Crippen molar-refractivity contribution in [2.75, 3.05) is 5.43 Å². The van der Waals surface area contributed by atoms with Crippen molar-refractivity contribution in [3.63, 3.8) is 0 Å². The average molecular weight is 271 g/mol. The van der Waals surface area contributed by atoms with Crippen molar-refractivity contribution in [3.8, 4) is 0 Å². The van der Waals surface area contributed by atoms with Gasteiger partial charge in [-0.2, -0.15) is 5.10 Å². The van der Waals surface area contributed by atoms with E-state index in [0.29, 0.717) is 0 Å². The number of aromatic nitrogens is 3. The Bertz CT molecular complexity index is 726. The molecule has 96 valence electrons. The molecule has 0 atom stereocenters. The van der Waals surface area contributed by atoms with E-state index in [2.05, 4.69) is 37.2 Å². The first-order chi connectivity index (χ1) is 9.25. The van der Waals surface area contributed by atoms with Crippen molar-refractivity contribution in [2.24, 2.45) is 5.10 Å². The van der Waals surface area contributed by atoms with Gasteiger partial charge in [0.05, 0.1) is 17.6 Å². The molecule has 3 heterocycles. The lowest BCUT2D eigenvalue weighted by atomic mass is 10.3. The highest BCUT2D eigenvalue weighted by Crippen LogP contribution is 2.19. The van der Waals surface area contributed by atoms with E-state index in [4.69, 9.17) is 0 Å². The first-order valence-corrected chi connectivity index (χ1v) is 6.77. The van der Waals surface area contributed by atoms with E-state index in [1.54, 1.807) is 23.7 Å². The van der Waals surface area contributed by atoms with Crippen molar-refractivity contribution >= 4 is 28.3 Å². The molecule has 0 amide bonds. The van der Waals surface area contributed by atoms with Gasteiger partial charge in [-0.3, -0.25) is 9.83 Å². The molecule has 3 rings (SSSR count). The van der Waals surface area contributed by atoms with Gasteiger partial charge in [0, 0.05) is 17.3 Å². The van der Waals surface area contributed by atoms with Crippen LogP contribution >= 0.6 is 11.3 Å². The minimum Gasteiger partial charge on any atom is -0.286 e. The predicted octanol–water partition coefficient (Wildman–Crippen LogP) is 2.85. The topological polar surface area (TPSA) is 54.6 Å². The van der Waals surface area contributed by atoms with Crippen LogP contribution in [0, 0.1) is 13.8 Å². The van der Waals surface area contributed by atoms with Crippen LogP contribution in [-0.2, 0) is 0 Å². The second-order valence-corrected chi connectivity index (χ2v) is 5.00. The van der Waals surface area contributed by atoms with Gasteiger partial charge in [-0.15, -0.1) is 11.3 Å². The van der Waals surface area contributed by atoms with E-state index in [1.165, 1.54) is 5.69 Å². The average Bonchev–Trinajstić information content (AvgIpc) is 2.92. The Labute approximate surface area is 114 Å². The molecular weight excluding hydrogens is 258 g/mol. The van der Waals surface area contributed by atoms with Crippen LogP contribution in [0.4, 0.5) is 5.82 Å². The fraction of sp³-hybridized carbons (Fsp3) is 0.154. The number of nitrogens with zero attached hydrogens (tertiary/aromatic N) is 4. The molecule has 0 spiro atoms. The fourth-order valence-electron chi connectivity index (χ4n) is 1.87. The molecule has 5 nitrogen and oxygen atoms in total. The van der Waals surface area contributed by atoms with Crippen molar-refractivity contribution in [1.82, 2.24) is 14.4 Å². The maximum atomic E-state index is 4.51. The zero-order valence-electron chi connectivity index (χ0n) is 10.7. The molecule has 3 aromatic rings. The molecule has 0 unspecified atom stereocenters. The molecule has 3 aromatic heterocycles. The van der Waals surface area contributed by atoms with Crippen molar-refractivity contribution < 1.29 is 0 Å². The number of thiazole rings is 1. The minimum atomic E-state index is 0.721. The zero-order valence-corrected chi connectivity index (χ0v) is 11.5. The number of imidazole rings is 1. The van der Waals surface area contributed by atoms with Gasteiger partial charge in [-0.1, -0.05) is 6.07 Å². The van der Waals surface area contributed by atoms with Crippen LogP contribution in [0.1, 0.15) is 17.1 Å². The molecule has 0 aliphatic rings. The molecule has 0 aromatic carbocycles. The Hall–Kier alpha value is -2.21. The lowest BCUT2D eigenvalue weighted by Crippen LogP contribution is -1.97. The highest BCUT2D eigenvalue weighted by Gasteiger charge is 2.09. The van der Waals surface area contributed by atoms with Gasteiger partial charge in [-0.25, -0.2) is 9.97 Å². The third-order valence-corrected chi connectivity index (χ3v) is 3.73. The number of fused-ring (bicyclic) bond motifs is 1. The first-order valence-electron chi connectivity index (χ1n) is 5.89. The number of anilines is 1. The van der Waals surface area contributed by atoms with Crippen LogP contribution in [0.2, 0.25) is 0 Å². The molecule has 0 bridgehead atoms. The summed E-state index contributed by atoms with van der Waals surface area (Å²) in [4.78, 5) is 9.65. The van der Waals surface area contributed by atoms with E-state index in [-0.39, 0.29) is 0 Å². The van der Waals surface area contributed by atoms with E-state index < -0.39 is 0 Å². The summed E-state index contributed by atoms with van der Waals surface area (Å²) in [6, 6.07) is 5.65. The van der Waals surface area contributed by atoms with Crippen molar-refractivity contribution in [2.45, 2.75) is 13.8 Å². The number of pyridine rings is 1. The number of hydrogen-bond acceptors (Lipinski definition) is 5. The normalized spacial score (nSPS) is 11.5. The summed E-state index contributed by atoms with van der Waals surface area (Å²) in [5.74, 6) is 0.721. The van der Waals surface area contributed by atoms with Crippen LogP contribution in [-0.4, -0.2) is 20.6 Å². The third-order valence-electron chi connectivity index (χ3n) is 2.78. The number of nitrogens with one attached hydrogen (secondary N) is 1. The lowest BCUT2D eigenvalue weighted by Gasteiger charge is -1.98. The van der Waals surface area contributed by atoms with E-state index in [9.17, 15) is 0 Å². The zero-order chi connectivity index (χ0) is 13.2. The van der Waals surface area contributed by atoms with Crippen molar-refractivity contribution in [1.29, 1.82) is 0 Å². The predicted molar refractivity (Wildman–Crippen MR) is 78.0 cm³/mol. The summed E-state index contributed by atoms with van der Waals surface area (Å²) >= 11 is 1.64. The highest BCUT2D eigenvalue weighted by atomic mass is 32.1. The number of hydrogen-bond donors (Lipinski definition) is 1. The van der Waals surface area contributed by atoms with E-state index in [0.717, 1.165) is 22.2 Å². The molecule has 6 heteroatoms. The summed E-state index contributed by atoms with van der Waals surface area (Å²) in [7, 11) is 0. The largest absolute Gasteiger partial charge is 0.286 e. The van der Waals surface area contributed by atoms with Gasteiger partial charge in [0.15, 0.2) is 4.96 Å². The van der Waals surface area contributed by atoms with Crippen LogP contribution in [0.15, 0.2) is 34.9 Å². The fourth-order valence-corrected chi connectivity index (χ4v) is 2.78. The summed E-state index contributed by atoms with van der Waals surface area (Å²) in [5.41, 5.74) is 6.04. The Morgan fingerprint density at radius 1 is 1.37 bits per heavy atom. The molecule has 0 saturated heterocycles. The lowest BCUT2D eigenvalue weighted by molar-refractivity contribution is 1.11. The number of aryl methyl sites for hydroxylation is 2. The SMILES string of the molecule is Cc1nc2scc(C)n2c1/C=N/Nc1ccccn1. The Balaban J connectivity index is 1.89. The van der Waals surface area contributed by atoms with Gasteiger partial charge in [0.1, 0.15) is 5.82 Å². The number of rotatable bonds is 3. The second kappa shape index (κ2) is 4.81. The van der Waals surface area contributed by atoms with Gasteiger partial charge < -0.3 is 0 Å². The highest BCUT2D eigenvalue weighted by molar-refractivity contribution is 7.15. The molecule has 0 radical (unpaired) electrons.